The molecule has 0 aromatic heterocycles. The molecule has 136 valence electrons. The van der Waals surface area contributed by atoms with Gasteiger partial charge in [-0.1, -0.05) is 34.6 Å². The van der Waals surface area contributed by atoms with Crippen molar-refractivity contribution in [3.63, 3.8) is 0 Å². The molecule has 0 bridgehead atoms. The zero-order valence-corrected chi connectivity index (χ0v) is 15.8. The lowest BCUT2D eigenvalue weighted by Crippen LogP contribution is -2.43. The second-order valence-electron chi connectivity index (χ2n) is 8.71. The van der Waals surface area contributed by atoms with Gasteiger partial charge in [0.1, 0.15) is 0 Å². The van der Waals surface area contributed by atoms with Crippen LogP contribution in [-0.4, -0.2) is 47.2 Å². The molecule has 0 aromatic rings. The van der Waals surface area contributed by atoms with Crippen LogP contribution in [0.15, 0.2) is 0 Å². The standard InChI is InChI=1S/C19H32N2O3/c1-13(2)15-12-17(23)21(18(15)24)11-8-16(22)20-9-6-14(7-10-20)19(3,4)5/h13-15H,6-12H2,1-5H3. The summed E-state index contributed by atoms with van der Waals surface area (Å²) in [6.45, 7) is 12.5. The Labute approximate surface area is 145 Å². The Kier molecular flexibility index (Phi) is 5.71. The third-order valence-corrected chi connectivity index (χ3v) is 5.71. The van der Waals surface area contributed by atoms with Gasteiger partial charge in [0, 0.05) is 38.4 Å². The minimum Gasteiger partial charge on any atom is -0.343 e. The van der Waals surface area contributed by atoms with Crippen LogP contribution in [-0.2, 0) is 14.4 Å². The Morgan fingerprint density at radius 2 is 1.75 bits per heavy atom. The van der Waals surface area contributed by atoms with Crippen molar-refractivity contribution in [2.45, 2.75) is 60.3 Å². The van der Waals surface area contributed by atoms with Gasteiger partial charge in [-0.05, 0) is 30.1 Å². The van der Waals surface area contributed by atoms with Crippen LogP contribution in [0.2, 0.25) is 0 Å². The first kappa shape index (κ1) is 18.9. The normalized spacial score (nSPS) is 23.5. The van der Waals surface area contributed by atoms with E-state index in [1.165, 1.54) is 4.90 Å². The van der Waals surface area contributed by atoms with E-state index in [1.54, 1.807) is 0 Å². The molecule has 2 fully saturated rings. The van der Waals surface area contributed by atoms with Crippen LogP contribution in [0, 0.1) is 23.2 Å². The maximum absolute atomic E-state index is 12.4. The van der Waals surface area contributed by atoms with Crippen molar-refractivity contribution < 1.29 is 14.4 Å². The number of nitrogens with zero attached hydrogens (tertiary/aromatic N) is 2. The molecular formula is C19H32N2O3. The summed E-state index contributed by atoms with van der Waals surface area (Å²) in [6, 6.07) is 0. The largest absolute Gasteiger partial charge is 0.343 e. The predicted octanol–water partition coefficient (Wildman–Crippen LogP) is 2.69. The van der Waals surface area contributed by atoms with Gasteiger partial charge in [-0.2, -0.15) is 0 Å². The van der Waals surface area contributed by atoms with Gasteiger partial charge in [0.25, 0.3) is 0 Å². The van der Waals surface area contributed by atoms with Crippen molar-refractivity contribution >= 4 is 17.7 Å². The number of rotatable bonds is 4. The number of piperidine rings is 1. The van der Waals surface area contributed by atoms with E-state index < -0.39 is 0 Å². The average molecular weight is 336 g/mol. The van der Waals surface area contributed by atoms with E-state index in [1.807, 2.05) is 18.7 Å². The lowest BCUT2D eigenvalue weighted by Gasteiger charge is -2.39. The van der Waals surface area contributed by atoms with E-state index in [9.17, 15) is 14.4 Å². The van der Waals surface area contributed by atoms with Gasteiger partial charge in [0.15, 0.2) is 0 Å². The molecule has 0 saturated carbocycles. The van der Waals surface area contributed by atoms with Gasteiger partial charge in [0.05, 0.1) is 0 Å². The zero-order chi connectivity index (χ0) is 18.1. The Morgan fingerprint density at radius 3 is 2.21 bits per heavy atom. The lowest BCUT2D eigenvalue weighted by atomic mass is 9.75. The van der Waals surface area contributed by atoms with Crippen LogP contribution in [0.25, 0.3) is 0 Å². The molecule has 2 aliphatic rings. The summed E-state index contributed by atoms with van der Waals surface area (Å²) in [7, 11) is 0. The molecule has 0 radical (unpaired) electrons. The molecule has 0 spiro atoms. The average Bonchev–Trinajstić information content (AvgIpc) is 2.79. The molecule has 2 saturated heterocycles. The van der Waals surface area contributed by atoms with Crippen LogP contribution in [0.1, 0.15) is 60.3 Å². The molecule has 5 heteroatoms. The van der Waals surface area contributed by atoms with Crippen LogP contribution in [0.4, 0.5) is 0 Å². The number of hydrogen-bond acceptors (Lipinski definition) is 3. The molecule has 1 atom stereocenters. The van der Waals surface area contributed by atoms with Gasteiger partial charge in [-0.25, -0.2) is 0 Å². The molecular weight excluding hydrogens is 304 g/mol. The number of imide groups is 1. The summed E-state index contributed by atoms with van der Waals surface area (Å²) in [5.41, 5.74) is 0.287. The second kappa shape index (κ2) is 7.24. The highest BCUT2D eigenvalue weighted by Gasteiger charge is 2.40. The van der Waals surface area contributed by atoms with Crippen LogP contribution >= 0.6 is 0 Å². The van der Waals surface area contributed by atoms with Crippen molar-refractivity contribution in [1.82, 2.24) is 9.80 Å². The first-order chi connectivity index (χ1) is 11.1. The van der Waals surface area contributed by atoms with Crippen molar-refractivity contribution in [2.24, 2.45) is 23.2 Å². The molecule has 24 heavy (non-hydrogen) atoms. The molecule has 0 aromatic carbocycles. The van der Waals surface area contributed by atoms with Crippen LogP contribution in [0.5, 0.6) is 0 Å². The number of carbonyl (C=O) groups excluding carboxylic acids is 3. The van der Waals surface area contributed by atoms with E-state index in [0.717, 1.165) is 25.9 Å². The topological polar surface area (TPSA) is 57.7 Å². The van der Waals surface area contributed by atoms with Gasteiger partial charge in [-0.15, -0.1) is 0 Å². The van der Waals surface area contributed by atoms with Gasteiger partial charge in [-0.3, -0.25) is 19.3 Å². The first-order valence-corrected chi connectivity index (χ1v) is 9.23. The maximum atomic E-state index is 12.4. The van der Waals surface area contributed by atoms with Crippen molar-refractivity contribution in [1.29, 1.82) is 0 Å². The number of carbonyl (C=O) groups is 3. The molecule has 3 amide bonds. The SMILES string of the molecule is CC(C)C1CC(=O)N(CCC(=O)N2CCC(C(C)(C)C)CC2)C1=O. The summed E-state index contributed by atoms with van der Waals surface area (Å²) in [5, 5.41) is 0. The third kappa shape index (κ3) is 4.17. The van der Waals surface area contributed by atoms with Crippen molar-refractivity contribution in [3.05, 3.63) is 0 Å². The monoisotopic (exact) mass is 336 g/mol. The number of amides is 3. The summed E-state index contributed by atoms with van der Waals surface area (Å²) < 4.78 is 0. The quantitative estimate of drug-likeness (QED) is 0.742. The smallest absolute Gasteiger partial charge is 0.233 e. The minimum absolute atomic E-state index is 0.0657. The summed E-state index contributed by atoms with van der Waals surface area (Å²) in [5.74, 6) is 0.437. The highest BCUT2D eigenvalue weighted by molar-refractivity contribution is 6.03. The Hall–Kier alpha value is -1.39. The molecule has 2 heterocycles. The zero-order valence-electron chi connectivity index (χ0n) is 15.8. The lowest BCUT2D eigenvalue weighted by molar-refractivity contribution is -0.141. The van der Waals surface area contributed by atoms with E-state index in [2.05, 4.69) is 20.8 Å². The van der Waals surface area contributed by atoms with Gasteiger partial charge < -0.3 is 4.90 Å². The van der Waals surface area contributed by atoms with E-state index in [-0.39, 0.29) is 47.9 Å². The molecule has 0 aliphatic carbocycles. The molecule has 0 N–H and O–H groups in total. The molecule has 5 nitrogen and oxygen atoms in total. The Bertz CT molecular complexity index is 499. The summed E-state index contributed by atoms with van der Waals surface area (Å²) in [6.07, 6.45) is 2.61. The third-order valence-electron chi connectivity index (χ3n) is 5.71. The Morgan fingerprint density at radius 1 is 1.17 bits per heavy atom. The highest BCUT2D eigenvalue weighted by atomic mass is 16.2. The highest BCUT2D eigenvalue weighted by Crippen LogP contribution is 2.34. The van der Waals surface area contributed by atoms with Crippen molar-refractivity contribution in [2.75, 3.05) is 19.6 Å². The Balaban J connectivity index is 1.82. The van der Waals surface area contributed by atoms with Gasteiger partial charge in [0.2, 0.25) is 17.7 Å². The van der Waals surface area contributed by atoms with Crippen molar-refractivity contribution in [3.8, 4) is 0 Å². The summed E-state index contributed by atoms with van der Waals surface area (Å²) in [4.78, 5) is 39.9. The molecule has 2 rings (SSSR count). The fourth-order valence-electron chi connectivity index (χ4n) is 3.82. The first-order valence-electron chi connectivity index (χ1n) is 9.23. The fraction of sp³-hybridized carbons (Fsp3) is 0.842. The van der Waals surface area contributed by atoms with Gasteiger partial charge >= 0.3 is 0 Å². The van der Waals surface area contributed by atoms with E-state index >= 15 is 0 Å². The molecule has 2 aliphatic heterocycles. The van der Waals surface area contributed by atoms with E-state index in [0.29, 0.717) is 12.3 Å². The summed E-state index contributed by atoms with van der Waals surface area (Å²) >= 11 is 0. The van der Waals surface area contributed by atoms with E-state index in [4.69, 9.17) is 0 Å². The fourth-order valence-corrected chi connectivity index (χ4v) is 3.82. The van der Waals surface area contributed by atoms with Crippen LogP contribution < -0.4 is 0 Å². The molecule has 1 unspecified atom stereocenters. The minimum atomic E-state index is -0.213. The van der Waals surface area contributed by atoms with Crippen LogP contribution in [0.3, 0.4) is 0 Å². The number of likely N-dealkylation sites (tertiary alicyclic amines) is 2. The second-order valence-corrected chi connectivity index (χ2v) is 8.71. The predicted molar refractivity (Wildman–Crippen MR) is 93.0 cm³/mol. The number of hydrogen-bond donors (Lipinski definition) is 0. The maximum Gasteiger partial charge on any atom is 0.233 e.